The van der Waals surface area contributed by atoms with Gasteiger partial charge in [-0.2, -0.15) is 9.67 Å². The van der Waals surface area contributed by atoms with Crippen LogP contribution in [0, 0.1) is 0 Å². The number of hydrogen-bond acceptors (Lipinski definition) is 2. The lowest BCUT2D eigenvalue weighted by Crippen LogP contribution is -2.31. The molecule has 0 amide bonds. The molecule has 0 aliphatic carbocycles. The first-order chi connectivity index (χ1) is 12.4. The predicted octanol–water partition coefficient (Wildman–Crippen LogP) is 2.99. The summed E-state index contributed by atoms with van der Waals surface area (Å²) < 4.78 is 6.63. The summed E-state index contributed by atoms with van der Waals surface area (Å²) in [5.74, 6) is 1.19. The lowest BCUT2D eigenvalue weighted by Gasteiger charge is -2.00. The number of nitrogens with zero attached hydrogens (tertiary/aromatic N) is 5. The molecule has 5 nitrogen and oxygen atoms in total. The highest BCUT2D eigenvalue weighted by Crippen LogP contribution is 2.34. The first-order valence-electron chi connectivity index (χ1n) is 8.32. The molecule has 6 rings (SSSR count). The third-order valence-electron chi connectivity index (χ3n) is 4.94. The average Bonchev–Trinajstić information content (AvgIpc) is 3.29. The number of fused-ring (bicyclic) bond motifs is 7. The van der Waals surface area contributed by atoms with Gasteiger partial charge in [0.2, 0.25) is 11.0 Å². The molecule has 0 spiro atoms. The number of imidazole rings is 1. The van der Waals surface area contributed by atoms with E-state index in [-0.39, 0.29) is 0 Å². The maximum absolute atomic E-state index is 4.60. The Morgan fingerprint density at radius 3 is 2.68 bits per heavy atom. The summed E-state index contributed by atoms with van der Waals surface area (Å²) in [5.41, 5.74) is 6.94. The van der Waals surface area contributed by atoms with Gasteiger partial charge in [-0.05, 0) is 36.4 Å². The minimum Gasteiger partial charge on any atom is -0.256 e. The molecule has 1 aliphatic heterocycles. The van der Waals surface area contributed by atoms with Gasteiger partial charge in [-0.3, -0.25) is 4.98 Å². The van der Waals surface area contributed by atoms with Crippen molar-refractivity contribution in [3.05, 3.63) is 78.9 Å². The van der Waals surface area contributed by atoms with Crippen LogP contribution in [-0.2, 0) is 6.54 Å². The van der Waals surface area contributed by atoms with Crippen molar-refractivity contribution in [1.29, 1.82) is 0 Å². The Morgan fingerprint density at radius 1 is 0.880 bits per heavy atom. The Hall–Kier alpha value is -3.47. The summed E-state index contributed by atoms with van der Waals surface area (Å²) in [6.45, 7) is 0.788. The molecule has 5 heterocycles. The second-order valence-electron chi connectivity index (χ2n) is 6.29. The topological polar surface area (TPSA) is 39.0 Å². The number of para-hydroxylation sites is 1. The Balaban J connectivity index is 1.83. The van der Waals surface area contributed by atoms with Gasteiger partial charge in [0.1, 0.15) is 17.7 Å². The molecule has 0 radical (unpaired) electrons. The van der Waals surface area contributed by atoms with Crippen LogP contribution in [0.1, 0.15) is 5.69 Å². The van der Waals surface area contributed by atoms with Crippen molar-refractivity contribution in [3.63, 3.8) is 0 Å². The van der Waals surface area contributed by atoms with Crippen molar-refractivity contribution in [2.45, 2.75) is 6.54 Å². The van der Waals surface area contributed by atoms with E-state index in [4.69, 9.17) is 0 Å². The maximum atomic E-state index is 4.60. The van der Waals surface area contributed by atoms with Gasteiger partial charge in [-0.1, -0.05) is 18.2 Å². The van der Waals surface area contributed by atoms with Crippen molar-refractivity contribution in [2.75, 3.05) is 0 Å². The normalized spacial score (nSPS) is 12.6. The quantitative estimate of drug-likeness (QED) is 0.436. The number of rotatable bonds is 1. The molecule has 0 saturated heterocycles. The summed E-state index contributed by atoms with van der Waals surface area (Å²) in [7, 11) is 0. The smallest absolute Gasteiger partial charge is 0.256 e. The van der Waals surface area contributed by atoms with E-state index >= 15 is 0 Å². The molecule has 0 N–H and O–H groups in total. The number of pyridine rings is 1. The molecule has 5 heteroatoms. The SMILES string of the molecule is c1ccc(-n2c3[n+](c4c2cn2ncccc42)Cc2ncccc2-3)cc1. The van der Waals surface area contributed by atoms with Crippen LogP contribution in [0.25, 0.3) is 33.6 Å². The highest BCUT2D eigenvalue weighted by molar-refractivity contribution is 5.92. The van der Waals surface area contributed by atoms with E-state index in [0.717, 1.165) is 29.0 Å². The van der Waals surface area contributed by atoms with E-state index < -0.39 is 0 Å². The number of hydrogen-bond donors (Lipinski definition) is 0. The standard InChI is InChI=1S/C20H14N5/c1-2-6-14(7-3-1)25-18-13-24-17(9-5-11-22-24)19(18)23-12-16-15(20(23)25)8-4-10-21-16/h1-11,13H,12H2/q+1. The molecule has 0 unspecified atom stereocenters. The van der Waals surface area contributed by atoms with Crippen LogP contribution >= 0.6 is 0 Å². The molecule has 4 aromatic heterocycles. The van der Waals surface area contributed by atoms with Crippen LogP contribution in [0.3, 0.4) is 0 Å². The minimum absolute atomic E-state index is 0.788. The first kappa shape index (κ1) is 12.9. The van der Waals surface area contributed by atoms with E-state index in [2.05, 4.69) is 61.8 Å². The second kappa shape index (κ2) is 4.54. The van der Waals surface area contributed by atoms with E-state index in [1.807, 2.05) is 35.1 Å². The molecular formula is C20H14N5+. The molecule has 5 aromatic rings. The van der Waals surface area contributed by atoms with Gasteiger partial charge < -0.3 is 0 Å². The van der Waals surface area contributed by atoms with Crippen LogP contribution in [0.15, 0.2) is 73.2 Å². The van der Waals surface area contributed by atoms with Crippen LogP contribution in [0.5, 0.6) is 0 Å². The van der Waals surface area contributed by atoms with Crippen molar-refractivity contribution >= 4 is 16.6 Å². The highest BCUT2D eigenvalue weighted by Gasteiger charge is 2.37. The van der Waals surface area contributed by atoms with E-state index in [0.29, 0.717) is 0 Å². The zero-order chi connectivity index (χ0) is 16.4. The van der Waals surface area contributed by atoms with Crippen molar-refractivity contribution in [2.24, 2.45) is 0 Å². The molecular weight excluding hydrogens is 310 g/mol. The molecule has 0 fully saturated rings. The minimum atomic E-state index is 0.788. The largest absolute Gasteiger partial charge is 0.297 e. The zero-order valence-electron chi connectivity index (χ0n) is 13.4. The fraction of sp³-hybridized carbons (Fsp3) is 0.0500. The predicted molar refractivity (Wildman–Crippen MR) is 94.6 cm³/mol. The van der Waals surface area contributed by atoms with Crippen LogP contribution in [0.4, 0.5) is 0 Å². The highest BCUT2D eigenvalue weighted by atomic mass is 15.3. The van der Waals surface area contributed by atoms with Gasteiger partial charge in [-0.15, -0.1) is 0 Å². The fourth-order valence-corrected chi connectivity index (χ4v) is 3.94. The van der Waals surface area contributed by atoms with Gasteiger partial charge in [-0.25, -0.2) is 9.08 Å². The van der Waals surface area contributed by atoms with Crippen LogP contribution in [-0.4, -0.2) is 19.2 Å². The van der Waals surface area contributed by atoms with Gasteiger partial charge in [0.15, 0.2) is 0 Å². The summed E-state index contributed by atoms with van der Waals surface area (Å²) in [6.07, 6.45) is 5.80. The Labute approximate surface area is 143 Å². The fourth-order valence-electron chi connectivity index (χ4n) is 3.94. The molecule has 0 atom stereocenters. The second-order valence-corrected chi connectivity index (χ2v) is 6.29. The average molecular weight is 324 g/mol. The number of benzene rings is 1. The Bertz CT molecular complexity index is 1260. The van der Waals surface area contributed by atoms with E-state index in [9.17, 15) is 0 Å². The lowest BCUT2D eigenvalue weighted by atomic mass is 10.2. The van der Waals surface area contributed by atoms with E-state index in [1.54, 1.807) is 0 Å². The van der Waals surface area contributed by atoms with Gasteiger partial charge in [0.25, 0.3) is 5.82 Å². The van der Waals surface area contributed by atoms with Gasteiger partial charge in [0.05, 0.1) is 17.5 Å². The van der Waals surface area contributed by atoms with Crippen molar-refractivity contribution in [3.8, 4) is 17.1 Å². The third-order valence-corrected chi connectivity index (χ3v) is 4.94. The van der Waals surface area contributed by atoms with Crippen molar-refractivity contribution in [1.82, 2.24) is 19.2 Å². The molecule has 0 bridgehead atoms. The van der Waals surface area contributed by atoms with E-state index in [1.165, 1.54) is 16.9 Å². The van der Waals surface area contributed by atoms with Crippen LogP contribution in [0.2, 0.25) is 0 Å². The summed E-state index contributed by atoms with van der Waals surface area (Å²) in [5, 5.41) is 4.47. The summed E-state index contributed by atoms with van der Waals surface area (Å²) in [6, 6.07) is 18.8. The molecule has 1 aliphatic rings. The molecule has 118 valence electrons. The first-order valence-corrected chi connectivity index (χ1v) is 8.32. The molecule has 1 aromatic carbocycles. The summed E-state index contributed by atoms with van der Waals surface area (Å²) >= 11 is 0. The Morgan fingerprint density at radius 2 is 1.76 bits per heavy atom. The lowest BCUT2D eigenvalue weighted by molar-refractivity contribution is -0.645. The van der Waals surface area contributed by atoms with Crippen LogP contribution < -0.4 is 4.57 Å². The molecule has 0 saturated carbocycles. The maximum Gasteiger partial charge on any atom is 0.297 e. The monoisotopic (exact) mass is 324 g/mol. The van der Waals surface area contributed by atoms with Gasteiger partial charge >= 0.3 is 0 Å². The number of aromatic nitrogens is 5. The molecule has 25 heavy (non-hydrogen) atoms. The van der Waals surface area contributed by atoms with Crippen molar-refractivity contribution < 1.29 is 4.57 Å². The Kier molecular flexibility index (Phi) is 2.34. The zero-order valence-corrected chi connectivity index (χ0v) is 13.4. The van der Waals surface area contributed by atoms with Gasteiger partial charge in [0, 0.05) is 12.4 Å². The summed E-state index contributed by atoms with van der Waals surface area (Å²) in [4.78, 5) is 4.60. The third kappa shape index (κ3) is 1.59.